The molecule has 5 nitrogen and oxygen atoms in total. The number of aliphatic imine (C=N–C) groups is 1. The fraction of sp³-hybridized carbons (Fsp3) is 0.931. The van der Waals surface area contributed by atoms with Crippen LogP contribution in [-0.4, -0.2) is 60.6 Å². The Morgan fingerprint density at radius 2 is 1.94 bits per heavy atom. The zero-order valence-corrected chi connectivity index (χ0v) is 22.7. The molecule has 0 aromatic rings. The Balaban J connectivity index is 1.45. The maximum atomic E-state index is 14.3. The van der Waals surface area contributed by atoms with Crippen LogP contribution in [0, 0.1) is 39.4 Å². The van der Waals surface area contributed by atoms with Gasteiger partial charge in [0.2, 0.25) is 0 Å². The molecule has 4 aliphatic carbocycles. The van der Waals surface area contributed by atoms with Gasteiger partial charge in [0.15, 0.2) is 5.90 Å². The molecule has 192 valence electrons. The number of carbonyl (C=O) groups excluding carboxylic acids is 1. The van der Waals surface area contributed by atoms with Crippen LogP contribution in [-0.2, 0) is 9.53 Å². The second kappa shape index (κ2) is 8.03. The molecule has 10 atom stereocenters. The van der Waals surface area contributed by atoms with Crippen LogP contribution in [0.25, 0.3) is 0 Å². The Morgan fingerprint density at radius 1 is 1.21 bits per heavy atom. The Hall–Kier alpha value is -0.940. The number of ether oxygens (including phenoxy) is 1. The fourth-order valence-electron chi connectivity index (χ4n) is 10.0. The highest BCUT2D eigenvalue weighted by Crippen LogP contribution is 2.85. The first-order chi connectivity index (χ1) is 16.0. The molecule has 0 aromatic carbocycles. The zero-order valence-electron chi connectivity index (χ0n) is 22.7. The molecule has 34 heavy (non-hydrogen) atoms. The molecule has 7 unspecified atom stereocenters. The number of Topliss-reactive ketones (excluding diaryl/α,β-unsaturated/α-hetero) is 1. The fourth-order valence-corrected chi connectivity index (χ4v) is 10.0. The second-order valence-electron chi connectivity index (χ2n) is 13.5. The highest BCUT2D eigenvalue weighted by Gasteiger charge is 2.83. The first-order valence-corrected chi connectivity index (χ1v) is 14.0. The molecule has 1 aliphatic heterocycles. The number of rotatable bonds is 6. The van der Waals surface area contributed by atoms with Gasteiger partial charge in [-0.05, 0) is 87.6 Å². The molecule has 1 heterocycles. The van der Waals surface area contributed by atoms with Gasteiger partial charge < -0.3 is 14.7 Å². The Kier molecular flexibility index (Phi) is 5.84. The van der Waals surface area contributed by atoms with Crippen LogP contribution in [0.5, 0.6) is 0 Å². The number of hydrogen-bond donors (Lipinski definition) is 1. The summed E-state index contributed by atoms with van der Waals surface area (Å²) in [5, 5.41) is 11.4. The predicted octanol–water partition coefficient (Wildman–Crippen LogP) is 5.10. The molecule has 5 rings (SSSR count). The van der Waals surface area contributed by atoms with Crippen molar-refractivity contribution in [3.63, 3.8) is 0 Å². The van der Waals surface area contributed by atoms with Crippen LogP contribution < -0.4 is 0 Å². The summed E-state index contributed by atoms with van der Waals surface area (Å²) < 4.78 is 5.70. The molecular weight excluding hydrogens is 424 g/mol. The third kappa shape index (κ3) is 3.04. The molecule has 4 fully saturated rings. The molecule has 0 aromatic heterocycles. The Labute approximate surface area is 207 Å². The molecule has 0 saturated heterocycles. The van der Waals surface area contributed by atoms with E-state index in [1.165, 1.54) is 6.42 Å². The number of aliphatic hydroxyl groups is 1. The lowest BCUT2D eigenvalue weighted by Gasteiger charge is -2.59. The third-order valence-electron chi connectivity index (χ3n) is 12.3. The summed E-state index contributed by atoms with van der Waals surface area (Å²) in [6.45, 7) is 12.4. The Bertz CT molecular complexity index is 871. The van der Waals surface area contributed by atoms with Crippen molar-refractivity contribution in [1.29, 1.82) is 0 Å². The van der Waals surface area contributed by atoms with Gasteiger partial charge in [-0.15, -0.1) is 0 Å². The molecule has 5 heteroatoms. The van der Waals surface area contributed by atoms with E-state index in [-0.39, 0.29) is 39.7 Å². The first-order valence-electron chi connectivity index (χ1n) is 14.0. The molecule has 1 spiro atoms. The van der Waals surface area contributed by atoms with Crippen LogP contribution in [0.15, 0.2) is 4.99 Å². The van der Waals surface area contributed by atoms with E-state index < -0.39 is 0 Å². The molecule has 4 saturated carbocycles. The highest BCUT2D eigenvalue weighted by atomic mass is 16.5. The molecule has 0 amide bonds. The average Bonchev–Trinajstić information content (AvgIpc) is 3.44. The van der Waals surface area contributed by atoms with Gasteiger partial charge in [0.05, 0.1) is 18.8 Å². The molecule has 0 bridgehead atoms. The first kappa shape index (κ1) is 24.7. The summed E-state index contributed by atoms with van der Waals surface area (Å²) in [6.07, 6.45) is 8.67. The Morgan fingerprint density at radius 3 is 2.62 bits per heavy atom. The smallest absolute Gasteiger partial charge is 0.183 e. The van der Waals surface area contributed by atoms with Crippen LogP contribution in [0.3, 0.4) is 0 Å². The van der Waals surface area contributed by atoms with E-state index >= 15 is 0 Å². The van der Waals surface area contributed by atoms with Gasteiger partial charge in [-0.25, -0.2) is 0 Å². The summed E-state index contributed by atoms with van der Waals surface area (Å²) in [4.78, 5) is 21.4. The van der Waals surface area contributed by atoms with Gasteiger partial charge in [-0.3, -0.25) is 9.79 Å². The van der Waals surface area contributed by atoms with Gasteiger partial charge in [0, 0.05) is 36.6 Å². The van der Waals surface area contributed by atoms with Crippen molar-refractivity contribution in [3.05, 3.63) is 0 Å². The number of fused-ring (bicyclic) bond motifs is 2. The van der Waals surface area contributed by atoms with Crippen molar-refractivity contribution in [2.45, 2.75) is 111 Å². The summed E-state index contributed by atoms with van der Waals surface area (Å²) in [7, 11) is 4.22. The summed E-state index contributed by atoms with van der Waals surface area (Å²) in [6, 6.07) is 0.607. The number of hydrogen-bond acceptors (Lipinski definition) is 5. The van der Waals surface area contributed by atoms with Gasteiger partial charge >= 0.3 is 0 Å². The SMILES string of the molecule is CCC1=NC(CCC23CC24C(=O)CC2(C)C([C@H](C)N(C)C)[C@H](O)C[C@@]2(C)C4CCC3C)CCO1. The molecule has 1 N–H and O–H groups in total. The number of aliphatic hydroxyl groups excluding tert-OH is 1. The predicted molar refractivity (Wildman–Crippen MR) is 136 cm³/mol. The van der Waals surface area contributed by atoms with Crippen LogP contribution in [0.4, 0.5) is 0 Å². The minimum absolute atomic E-state index is 0.0172. The molecule has 0 radical (unpaired) electrons. The van der Waals surface area contributed by atoms with E-state index in [0.717, 1.165) is 57.5 Å². The maximum absolute atomic E-state index is 14.3. The lowest BCUT2D eigenvalue weighted by atomic mass is 9.44. The van der Waals surface area contributed by atoms with Gasteiger partial charge in [-0.2, -0.15) is 0 Å². The summed E-state index contributed by atoms with van der Waals surface area (Å²) >= 11 is 0. The van der Waals surface area contributed by atoms with Crippen molar-refractivity contribution in [1.82, 2.24) is 4.90 Å². The van der Waals surface area contributed by atoms with Crippen LogP contribution >= 0.6 is 0 Å². The van der Waals surface area contributed by atoms with Gasteiger partial charge in [0.1, 0.15) is 5.78 Å². The lowest BCUT2D eigenvalue weighted by Crippen LogP contribution is -2.59. The largest absolute Gasteiger partial charge is 0.481 e. The average molecular weight is 473 g/mol. The van der Waals surface area contributed by atoms with E-state index in [9.17, 15) is 9.90 Å². The van der Waals surface area contributed by atoms with E-state index in [4.69, 9.17) is 9.73 Å². The topological polar surface area (TPSA) is 62.1 Å². The van der Waals surface area contributed by atoms with Gasteiger partial charge in [-0.1, -0.05) is 27.7 Å². The van der Waals surface area contributed by atoms with E-state index in [2.05, 4.69) is 53.6 Å². The second-order valence-corrected chi connectivity index (χ2v) is 13.5. The lowest BCUT2D eigenvalue weighted by molar-refractivity contribution is -0.161. The molecule has 5 aliphatic rings. The summed E-state index contributed by atoms with van der Waals surface area (Å²) in [5.74, 6) is 2.58. The van der Waals surface area contributed by atoms with Crippen molar-refractivity contribution < 1.29 is 14.6 Å². The normalized spacial score (nSPS) is 50.7. The quantitative estimate of drug-likeness (QED) is 0.584. The van der Waals surface area contributed by atoms with Gasteiger partial charge in [0.25, 0.3) is 0 Å². The number of carbonyl (C=O) groups is 1. The zero-order chi connectivity index (χ0) is 24.7. The van der Waals surface area contributed by atoms with Crippen molar-refractivity contribution >= 4 is 11.7 Å². The standard InChI is InChI=1S/C29H48N2O3/c1-8-24-30-20(12-14-34-24)11-13-28-17-29(28)22(10-9-18(28)2)26(4)15-21(32)25(19(3)31(6)7)27(26,5)16-23(29)33/h18-22,25,32H,8-17H2,1-7H3/t18?,19-,20?,21+,22?,25?,26-,27?,28?,29?/m0/s1. The van der Waals surface area contributed by atoms with Crippen LogP contribution in [0.2, 0.25) is 0 Å². The van der Waals surface area contributed by atoms with Crippen molar-refractivity contribution in [2.24, 2.45) is 44.4 Å². The minimum atomic E-state index is -0.327. The number of ketones is 1. The van der Waals surface area contributed by atoms with E-state index in [0.29, 0.717) is 30.1 Å². The third-order valence-corrected chi connectivity index (χ3v) is 12.3. The van der Waals surface area contributed by atoms with Crippen molar-refractivity contribution in [3.8, 4) is 0 Å². The van der Waals surface area contributed by atoms with E-state index in [1.54, 1.807) is 0 Å². The van der Waals surface area contributed by atoms with Crippen LogP contribution in [0.1, 0.15) is 92.4 Å². The van der Waals surface area contributed by atoms with E-state index in [1.807, 2.05) is 0 Å². The highest BCUT2D eigenvalue weighted by molar-refractivity contribution is 5.92. The minimum Gasteiger partial charge on any atom is -0.481 e. The summed E-state index contributed by atoms with van der Waals surface area (Å²) in [5.41, 5.74) is -0.131. The maximum Gasteiger partial charge on any atom is 0.183 e. The van der Waals surface area contributed by atoms with Crippen molar-refractivity contribution in [2.75, 3.05) is 20.7 Å². The number of nitrogens with zero attached hydrogens (tertiary/aromatic N) is 2. The molecular formula is C29H48N2O3. The monoisotopic (exact) mass is 472 g/mol.